The smallest absolute Gasteiger partial charge is 0.0975 e. The summed E-state index contributed by atoms with van der Waals surface area (Å²) in [4.78, 5) is 10.4. The van der Waals surface area contributed by atoms with Gasteiger partial charge in [0, 0.05) is 49.9 Å². The molecule has 450 valence electrons. The second-order valence-electron chi connectivity index (χ2n) is 24.8. The van der Waals surface area contributed by atoms with Crippen LogP contribution in [0.1, 0.15) is 0 Å². The molecule has 0 fully saturated rings. The highest BCUT2D eigenvalue weighted by atomic mass is 15.3. The summed E-state index contributed by atoms with van der Waals surface area (Å²) in [5.74, 6) is 0. The minimum atomic E-state index is 0.935. The van der Waals surface area contributed by atoms with Crippen LogP contribution in [0.15, 0.2) is 376 Å². The monoisotopic (exact) mass is 1220 g/mol. The summed E-state index contributed by atoms with van der Waals surface area (Å²) in [5.41, 5.74) is 13.9. The zero-order valence-electron chi connectivity index (χ0n) is 52.6. The average Bonchev–Trinajstić information content (AvgIpc) is 0.708. The fourth-order valence-electron chi connectivity index (χ4n) is 14.8. The van der Waals surface area contributed by atoms with E-state index in [1.165, 1.54) is 0 Å². The zero-order chi connectivity index (χ0) is 63.5. The molecule has 0 bridgehead atoms. The molecule has 96 heavy (non-hydrogen) atoms. The quantitative estimate of drug-likeness (QED) is 0.114. The standard InChI is InChI=1S/C92H62N4/c1-2-28-71(29-3-1)84-62-89(93(76-54-50-63-24-4-8-34-72(63)58-76)85-46-20-38-67-30-12-16-42-80(67)85)91(95(78-56-52-65-26-6-10-36-74(65)60-78)87-48-22-40-69-32-14-18-44-82(69)87)92(96(79-57-53-66-27-7-11-37-75(66)61-79)88-49-23-41-70-33-15-19-45-83(70)88)90(84)94(77-55-51-64-25-5-9-35-73(64)59-77)86-47-21-39-68-31-13-17-43-81(68)86/h1-62H. The van der Waals surface area contributed by atoms with Gasteiger partial charge in [-0.05, 0) is 149 Å². The Morgan fingerprint density at radius 2 is 0.406 bits per heavy atom. The van der Waals surface area contributed by atoms with Crippen LogP contribution in [0, 0.1) is 0 Å². The highest BCUT2D eigenvalue weighted by Gasteiger charge is 2.38. The largest absolute Gasteiger partial charge is 0.308 e. The van der Waals surface area contributed by atoms with E-state index in [2.05, 4.69) is 396 Å². The number of benzene rings is 18. The minimum Gasteiger partial charge on any atom is -0.308 e. The van der Waals surface area contributed by atoms with Gasteiger partial charge in [0.25, 0.3) is 0 Å². The van der Waals surface area contributed by atoms with E-state index in [9.17, 15) is 0 Å². The molecule has 18 aromatic rings. The molecule has 18 rings (SSSR count). The summed E-state index contributed by atoms with van der Waals surface area (Å²) in [6.45, 7) is 0. The maximum atomic E-state index is 2.62. The van der Waals surface area contributed by atoms with E-state index < -0.39 is 0 Å². The first-order chi connectivity index (χ1) is 47.6. The van der Waals surface area contributed by atoms with Crippen molar-refractivity contribution >= 4 is 154 Å². The second kappa shape index (κ2) is 23.7. The van der Waals surface area contributed by atoms with Crippen molar-refractivity contribution < 1.29 is 0 Å². The van der Waals surface area contributed by atoms with Crippen LogP contribution in [0.2, 0.25) is 0 Å². The van der Waals surface area contributed by atoms with Crippen molar-refractivity contribution in [2.24, 2.45) is 0 Å². The summed E-state index contributed by atoms with van der Waals surface area (Å²) in [6.07, 6.45) is 0. The number of nitrogens with zero attached hydrogens (tertiary/aromatic N) is 4. The van der Waals surface area contributed by atoms with Crippen molar-refractivity contribution in [1.82, 2.24) is 0 Å². The van der Waals surface area contributed by atoms with Crippen LogP contribution in [-0.4, -0.2) is 0 Å². The van der Waals surface area contributed by atoms with Crippen LogP contribution in [0.25, 0.3) is 97.3 Å². The van der Waals surface area contributed by atoms with E-state index in [0.717, 1.165) is 166 Å². The molecule has 0 unspecified atom stereocenters. The molecular weight excluding hydrogens is 1160 g/mol. The number of fused-ring (bicyclic) bond motifs is 8. The topological polar surface area (TPSA) is 13.0 Å². The highest BCUT2D eigenvalue weighted by Crippen LogP contribution is 2.63. The van der Waals surface area contributed by atoms with E-state index in [-0.39, 0.29) is 0 Å². The molecule has 0 spiro atoms. The van der Waals surface area contributed by atoms with Crippen LogP contribution in [0.5, 0.6) is 0 Å². The Bertz CT molecular complexity index is 6010. The van der Waals surface area contributed by atoms with Gasteiger partial charge in [-0.2, -0.15) is 0 Å². The molecule has 0 N–H and O–H groups in total. The first-order valence-electron chi connectivity index (χ1n) is 33.0. The summed E-state index contributed by atoms with van der Waals surface area (Å²) >= 11 is 0. The third kappa shape index (κ3) is 9.78. The Hall–Kier alpha value is -12.8. The van der Waals surface area contributed by atoms with Crippen molar-refractivity contribution in [3.63, 3.8) is 0 Å². The Balaban J connectivity index is 1.15. The maximum Gasteiger partial charge on any atom is 0.0975 e. The first kappa shape index (κ1) is 56.0. The Kier molecular flexibility index (Phi) is 13.8. The molecule has 18 aromatic carbocycles. The Morgan fingerprint density at radius 1 is 0.146 bits per heavy atom. The van der Waals surface area contributed by atoms with Crippen LogP contribution >= 0.6 is 0 Å². The van der Waals surface area contributed by atoms with Crippen molar-refractivity contribution in [3.05, 3.63) is 376 Å². The van der Waals surface area contributed by atoms with Crippen LogP contribution in [0.3, 0.4) is 0 Å². The lowest BCUT2D eigenvalue weighted by atomic mass is 9.93. The van der Waals surface area contributed by atoms with Crippen molar-refractivity contribution in [2.45, 2.75) is 0 Å². The molecule has 4 heteroatoms. The molecule has 4 nitrogen and oxygen atoms in total. The van der Waals surface area contributed by atoms with Crippen molar-refractivity contribution in [1.29, 1.82) is 0 Å². The number of anilines is 12. The molecular formula is C92H62N4. The van der Waals surface area contributed by atoms with Crippen LogP contribution in [0.4, 0.5) is 68.2 Å². The summed E-state index contributed by atoms with van der Waals surface area (Å²) in [6, 6.07) is 140. The molecule has 0 aromatic heterocycles. The SMILES string of the molecule is c1ccc(-c2cc(N(c3ccc4ccccc4c3)c3cccc4ccccc34)c(N(c3ccc4ccccc4c3)c3cccc4ccccc34)c(N(c3ccc4ccccc4c3)c3cccc4ccccc34)c2N(c2ccc3ccccc3c2)c2cccc3ccccc23)cc1. The van der Waals surface area contributed by atoms with Gasteiger partial charge in [0.15, 0.2) is 0 Å². The minimum absolute atomic E-state index is 0.935. The predicted octanol–water partition coefficient (Wildman–Crippen LogP) is 26.5. The van der Waals surface area contributed by atoms with Gasteiger partial charge in [0.1, 0.15) is 0 Å². The number of rotatable bonds is 13. The lowest BCUT2D eigenvalue weighted by Crippen LogP contribution is -2.25. The van der Waals surface area contributed by atoms with Gasteiger partial charge in [-0.3, -0.25) is 0 Å². The summed E-state index contributed by atoms with van der Waals surface area (Å²) < 4.78 is 0. The van der Waals surface area contributed by atoms with Gasteiger partial charge < -0.3 is 19.6 Å². The molecule has 0 atom stereocenters. The molecule has 0 aliphatic rings. The van der Waals surface area contributed by atoms with Crippen LogP contribution in [-0.2, 0) is 0 Å². The van der Waals surface area contributed by atoms with Crippen LogP contribution < -0.4 is 19.6 Å². The zero-order valence-corrected chi connectivity index (χ0v) is 52.6. The Morgan fingerprint density at radius 3 is 0.760 bits per heavy atom. The first-order valence-corrected chi connectivity index (χ1v) is 33.0. The molecule has 0 amide bonds. The second-order valence-corrected chi connectivity index (χ2v) is 24.8. The maximum absolute atomic E-state index is 2.62. The van der Waals surface area contributed by atoms with Crippen molar-refractivity contribution in [3.8, 4) is 11.1 Å². The van der Waals surface area contributed by atoms with Gasteiger partial charge in [0.2, 0.25) is 0 Å². The fraction of sp³-hybridized carbons (Fsp3) is 0. The average molecular weight is 1220 g/mol. The van der Waals surface area contributed by atoms with E-state index in [1.54, 1.807) is 0 Å². The Labute approximate surface area is 557 Å². The van der Waals surface area contributed by atoms with E-state index in [1.807, 2.05) is 0 Å². The fourth-order valence-corrected chi connectivity index (χ4v) is 14.8. The molecule has 0 aliphatic carbocycles. The summed E-state index contributed by atoms with van der Waals surface area (Å²) in [5, 5.41) is 18.1. The van der Waals surface area contributed by atoms with Crippen molar-refractivity contribution in [2.75, 3.05) is 19.6 Å². The normalized spacial score (nSPS) is 11.5. The van der Waals surface area contributed by atoms with Gasteiger partial charge in [-0.15, -0.1) is 0 Å². The van der Waals surface area contributed by atoms with Gasteiger partial charge in [-0.25, -0.2) is 0 Å². The molecule has 0 radical (unpaired) electrons. The lowest BCUT2D eigenvalue weighted by molar-refractivity contribution is 1.19. The molecule has 0 aliphatic heterocycles. The number of hydrogen-bond acceptors (Lipinski definition) is 4. The third-order valence-electron chi connectivity index (χ3n) is 19.2. The van der Waals surface area contributed by atoms with E-state index in [4.69, 9.17) is 0 Å². The van der Waals surface area contributed by atoms with E-state index in [0.29, 0.717) is 0 Å². The molecule has 0 heterocycles. The predicted molar refractivity (Wildman–Crippen MR) is 411 cm³/mol. The van der Waals surface area contributed by atoms with Gasteiger partial charge in [-0.1, -0.05) is 297 Å². The number of hydrogen-bond donors (Lipinski definition) is 0. The lowest BCUT2D eigenvalue weighted by Gasteiger charge is -2.42. The van der Waals surface area contributed by atoms with E-state index >= 15 is 0 Å². The summed E-state index contributed by atoms with van der Waals surface area (Å²) in [7, 11) is 0. The third-order valence-corrected chi connectivity index (χ3v) is 19.2. The molecule has 0 saturated carbocycles. The van der Waals surface area contributed by atoms with Gasteiger partial charge >= 0.3 is 0 Å². The van der Waals surface area contributed by atoms with Gasteiger partial charge in [0.05, 0.1) is 45.5 Å². The highest BCUT2D eigenvalue weighted by molar-refractivity contribution is 6.19. The molecule has 0 saturated heterocycles.